The lowest BCUT2D eigenvalue weighted by Gasteiger charge is -2.08. The van der Waals surface area contributed by atoms with Gasteiger partial charge in [-0.3, -0.25) is 4.79 Å². The first-order chi connectivity index (χ1) is 14.8. The molecule has 0 saturated carbocycles. The zero-order chi connectivity index (χ0) is 22.4. The Balaban J connectivity index is 1.61. The molecule has 3 aromatic rings. The minimum atomic E-state index is -3.20. The van der Waals surface area contributed by atoms with Crippen LogP contribution in [-0.2, 0) is 23.0 Å². The molecule has 1 heterocycles. The minimum Gasteiger partial charge on any atom is -0.302 e. The van der Waals surface area contributed by atoms with E-state index in [0.29, 0.717) is 35.3 Å². The fourth-order valence-electron chi connectivity index (χ4n) is 2.94. The van der Waals surface area contributed by atoms with E-state index in [1.54, 1.807) is 12.1 Å². The Labute approximate surface area is 191 Å². The molecule has 0 radical (unpaired) electrons. The topological polar surface area (TPSA) is 94.0 Å². The van der Waals surface area contributed by atoms with Crippen molar-refractivity contribution >= 4 is 39.2 Å². The molecule has 0 spiro atoms. The maximum absolute atomic E-state index is 12.6. The highest BCUT2D eigenvalue weighted by atomic mass is 35.5. The number of hydrogen-bond donors (Lipinski definition) is 1. The van der Waals surface area contributed by atoms with E-state index in [4.69, 9.17) is 11.6 Å². The molecule has 10 heteroatoms. The predicted molar refractivity (Wildman–Crippen MR) is 124 cm³/mol. The Morgan fingerprint density at radius 3 is 2.39 bits per heavy atom. The first-order valence-corrected chi connectivity index (χ1v) is 12.9. The molecule has 1 N–H and O–H groups in total. The second kappa shape index (κ2) is 10.4. The summed E-state index contributed by atoms with van der Waals surface area (Å²) < 4.78 is 26.7. The quantitative estimate of drug-likeness (QED) is 0.353. The van der Waals surface area contributed by atoms with E-state index < -0.39 is 10.0 Å². The number of aromatic nitrogens is 3. The van der Waals surface area contributed by atoms with E-state index >= 15 is 0 Å². The van der Waals surface area contributed by atoms with E-state index in [9.17, 15) is 13.2 Å². The third-order valence-corrected chi connectivity index (χ3v) is 6.47. The summed E-state index contributed by atoms with van der Waals surface area (Å²) in [5.41, 5.74) is 2.48. The molecule has 0 unspecified atom stereocenters. The number of carbonyl (C=O) groups excluding carboxylic acids is 1. The van der Waals surface area contributed by atoms with Crippen LogP contribution in [0.2, 0.25) is 5.02 Å². The molecule has 0 fully saturated rings. The molecule has 3 rings (SSSR count). The fraction of sp³-hybridized carbons (Fsp3) is 0.286. The molecule has 0 saturated heterocycles. The number of hydrogen-bond acceptors (Lipinski definition) is 6. The van der Waals surface area contributed by atoms with Crippen LogP contribution in [0, 0.1) is 0 Å². The van der Waals surface area contributed by atoms with Gasteiger partial charge in [0.25, 0.3) is 0 Å². The number of nitrogens with one attached hydrogen (secondary N) is 1. The van der Waals surface area contributed by atoms with Crippen LogP contribution in [0.5, 0.6) is 0 Å². The van der Waals surface area contributed by atoms with Crippen LogP contribution >= 0.6 is 23.4 Å². The standard InChI is InChI=1S/C21H23ClN4O3S2/c1-3-26-20(17-8-10-18(22)11-9-17)24-25-21(26)30-14-19(27)16-6-4-15(5-7-16)12-13-23-31(2,28)29/h4-11,23H,3,12-14H2,1-2H3. The SMILES string of the molecule is CCn1c(SCC(=O)c2ccc(CCNS(C)(=O)=O)cc2)nnc1-c1ccc(Cl)cc1. The smallest absolute Gasteiger partial charge is 0.208 e. The van der Waals surface area contributed by atoms with Crippen LogP contribution in [0.15, 0.2) is 53.7 Å². The van der Waals surface area contributed by atoms with Gasteiger partial charge in [0.05, 0.1) is 12.0 Å². The number of sulfonamides is 1. The average molecular weight is 479 g/mol. The number of thioether (sulfide) groups is 1. The predicted octanol–water partition coefficient (Wildman–Crippen LogP) is 3.69. The molecule has 0 aliphatic heterocycles. The van der Waals surface area contributed by atoms with E-state index in [0.717, 1.165) is 23.2 Å². The monoisotopic (exact) mass is 478 g/mol. The van der Waals surface area contributed by atoms with Crippen LogP contribution in [0.1, 0.15) is 22.8 Å². The minimum absolute atomic E-state index is 0.00972. The number of rotatable bonds is 10. The summed E-state index contributed by atoms with van der Waals surface area (Å²) in [5.74, 6) is 0.971. The van der Waals surface area contributed by atoms with Crippen LogP contribution in [0.3, 0.4) is 0 Å². The van der Waals surface area contributed by atoms with Gasteiger partial charge < -0.3 is 4.57 Å². The van der Waals surface area contributed by atoms with E-state index in [1.807, 2.05) is 47.9 Å². The fourth-order valence-corrected chi connectivity index (χ4v) is 4.44. The number of Topliss-reactive ketones (excluding diaryl/α,β-unsaturated/α-hetero) is 1. The summed E-state index contributed by atoms with van der Waals surface area (Å²) in [6, 6.07) is 14.6. The Morgan fingerprint density at radius 1 is 1.10 bits per heavy atom. The Bertz CT molecular complexity index is 1140. The van der Waals surface area contributed by atoms with Gasteiger partial charge in [-0.1, -0.05) is 47.6 Å². The molecule has 7 nitrogen and oxygen atoms in total. The van der Waals surface area contributed by atoms with Crippen molar-refractivity contribution in [1.82, 2.24) is 19.5 Å². The summed E-state index contributed by atoms with van der Waals surface area (Å²) in [6.07, 6.45) is 1.69. The normalized spacial score (nSPS) is 11.6. The summed E-state index contributed by atoms with van der Waals surface area (Å²) in [5, 5.41) is 9.88. The van der Waals surface area contributed by atoms with Gasteiger partial charge in [0, 0.05) is 29.2 Å². The van der Waals surface area contributed by atoms with E-state index in [-0.39, 0.29) is 11.5 Å². The largest absolute Gasteiger partial charge is 0.302 e. The highest BCUT2D eigenvalue weighted by Crippen LogP contribution is 2.25. The van der Waals surface area contributed by atoms with Crippen molar-refractivity contribution in [2.24, 2.45) is 0 Å². The third kappa shape index (κ3) is 6.64. The third-order valence-electron chi connectivity index (χ3n) is 4.52. The summed E-state index contributed by atoms with van der Waals surface area (Å²) >= 11 is 7.31. The van der Waals surface area contributed by atoms with Crippen molar-refractivity contribution in [2.75, 3.05) is 18.6 Å². The van der Waals surface area contributed by atoms with E-state index in [2.05, 4.69) is 14.9 Å². The molecule has 2 aromatic carbocycles. The van der Waals surface area contributed by atoms with Crippen LogP contribution in [-0.4, -0.2) is 47.5 Å². The summed E-state index contributed by atoms with van der Waals surface area (Å²) in [7, 11) is -3.20. The molecular formula is C21H23ClN4O3S2. The lowest BCUT2D eigenvalue weighted by molar-refractivity contribution is 0.102. The number of benzene rings is 2. The first kappa shape index (κ1) is 23.5. The second-order valence-corrected chi connectivity index (χ2v) is 10.1. The van der Waals surface area contributed by atoms with Gasteiger partial charge in [-0.2, -0.15) is 0 Å². The lowest BCUT2D eigenvalue weighted by atomic mass is 10.1. The Morgan fingerprint density at radius 2 is 1.77 bits per heavy atom. The maximum atomic E-state index is 12.6. The highest BCUT2D eigenvalue weighted by Gasteiger charge is 2.15. The molecule has 0 atom stereocenters. The zero-order valence-electron chi connectivity index (χ0n) is 17.2. The molecule has 0 aliphatic carbocycles. The van der Waals surface area contributed by atoms with Gasteiger partial charge in [0.15, 0.2) is 16.8 Å². The molecule has 0 bridgehead atoms. The summed E-state index contributed by atoms with van der Waals surface area (Å²) in [4.78, 5) is 12.6. The van der Waals surface area contributed by atoms with Gasteiger partial charge in [-0.15, -0.1) is 10.2 Å². The molecule has 0 amide bonds. The van der Waals surface area contributed by atoms with Crippen molar-refractivity contribution in [1.29, 1.82) is 0 Å². The van der Waals surface area contributed by atoms with Crippen molar-refractivity contribution in [3.05, 3.63) is 64.7 Å². The Kier molecular flexibility index (Phi) is 7.88. The maximum Gasteiger partial charge on any atom is 0.208 e. The average Bonchev–Trinajstić information content (AvgIpc) is 3.15. The van der Waals surface area contributed by atoms with Crippen molar-refractivity contribution < 1.29 is 13.2 Å². The number of carbonyl (C=O) groups is 1. The lowest BCUT2D eigenvalue weighted by Crippen LogP contribution is -2.24. The zero-order valence-corrected chi connectivity index (χ0v) is 19.6. The van der Waals surface area contributed by atoms with Crippen LogP contribution in [0.25, 0.3) is 11.4 Å². The number of ketones is 1. The van der Waals surface area contributed by atoms with Gasteiger partial charge in [0.1, 0.15) is 0 Å². The molecule has 31 heavy (non-hydrogen) atoms. The van der Waals surface area contributed by atoms with Gasteiger partial charge >= 0.3 is 0 Å². The molecule has 0 aliphatic rings. The van der Waals surface area contributed by atoms with Crippen molar-refractivity contribution in [3.8, 4) is 11.4 Å². The van der Waals surface area contributed by atoms with Crippen molar-refractivity contribution in [3.63, 3.8) is 0 Å². The molecule has 1 aromatic heterocycles. The first-order valence-electron chi connectivity index (χ1n) is 9.65. The van der Waals surface area contributed by atoms with Gasteiger partial charge in [-0.25, -0.2) is 13.1 Å². The van der Waals surface area contributed by atoms with Crippen LogP contribution < -0.4 is 4.72 Å². The van der Waals surface area contributed by atoms with E-state index in [1.165, 1.54) is 11.8 Å². The Hall–Kier alpha value is -2.20. The number of nitrogens with zero attached hydrogens (tertiary/aromatic N) is 3. The van der Waals surface area contributed by atoms with Crippen LogP contribution in [0.4, 0.5) is 0 Å². The van der Waals surface area contributed by atoms with Crippen molar-refractivity contribution in [2.45, 2.75) is 25.0 Å². The molecular weight excluding hydrogens is 456 g/mol. The second-order valence-electron chi connectivity index (χ2n) is 6.88. The highest BCUT2D eigenvalue weighted by molar-refractivity contribution is 7.99. The van der Waals surface area contributed by atoms with Gasteiger partial charge in [-0.05, 0) is 43.2 Å². The molecule has 164 valence electrons. The van der Waals surface area contributed by atoms with Gasteiger partial charge in [0.2, 0.25) is 10.0 Å². The summed E-state index contributed by atoms with van der Waals surface area (Å²) in [6.45, 7) is 3.01. The number of halogens is 1.